The van der Waals surface area contributed by atoms with E-state index in [9.17, 15) is 9.59 Å². The van der Waals surface area contributed by atoms with Crippen LogP contribution in [0.4, 0.5) is 0 Å². The zero-order valence-corrected chi connectivity index (χ0v) is 13.9. The lowest BCUT2D eigenvalue weighted by Crippen LogP contribution is -2.33. The molecule has 2 atom stereocenters. The average molecular weight is 342 g/mol. The van der Waals surface area contributed by atoms with E-state index in [2.05, 4.69) is 5.32 Å². The quantitative estimate of drug-likeness (QED) is 0.831. The summed E-state index contributed by atoms with van der Waals surface area (Å²) in [5.74, 6) is -0.713. The molecule has 1 aromatic carbocycles. The second kappa shape index (κ2) is 7.55. The molecule has 23 heavy (non-hydrogen) atoms. The lowest BCUT2D eigenvalue weighted by molar-refractivity contribution is -0.141. The summed E-state index contributed by atoms with van der Waals surface area (Å²) < 4.78 is 10.6. The van der Waals surface area contributed by atoms with Gasteiger partial charge in [0.15, 0.2) is 11.5 Å². The van der Waals surface area contributed by atoms with Crippen molar-refractivity contribution in [2.24, 2.45) is 5.92 Å². The first kappa shape index (κ1) is 17.4. The average Bonchev–Trinajstić information content (AvgIpc) is 2.97. The van der Waals surface area contributed by atoms with Crippen molar-refractivity contribution in [3.63, 3.8) is 0 Å². The summed E-state index contributed by atoms with van der Waals surface area (Å²) in [7, 11) is 1.48. The fourth-order valence-corrected chi connectivity index (χ4v) is 3.01. The molecule has 1 aliphatic carbocycles. The molecule has 0 spiro atoms. The maximum absolute atomic E-state index is 12.4. The van der Waals surface area contributed by atoms with Crippen molar-refractivity contribution in [3.8, 4) is 11.5 Å². The molecule has 0 unspecified atom stereocenters. The van der Waals surface area contributed by atoms with Crippen molar-refractivity contribution in [1.82, 2.24) is 5.32 Å². The Bertz CT molecular complexity index is 604. The van der Waals surface area contributed by atoms with Gasteiger partial charge >= 0.3 is 5.97 Å². The summed E-state index contributed by atoms with van der Waals surface area (Å²) in [5, 5.41) is 12.2. The van der Waals surface area contributed by atoms with Crippen molar-refractivity contribution >= 4 is 23.5 Å². The molecule has 1 aromatic rings. The summed E-state index contributed by atoms with van der Waals surface area (Å²) in [6, 6.07) is 2.95. The first-order chi connectivity index (χ1) is 11.0. The topological polar surface area (TPSA) is 84.9 Å². The minimum Gasteiger partial charge on any atom is -0.493 e. The lowest BCUT2D eigenvalue weighted by Gasteiger charge is -2.15. The second-order valence-corrected chi connectivity index (χ2v) is 5.85. The third-order valence-electron chi connectivity index (χ3n) is 3.90. The van der Waals surface area contributed by atoms with E-state index in [1.54, 1.807) is 6.07 Å². The fraction of sp³-hybridized carbons (Fsp3) is 0.500. The predicted molar refractivity (Wildman–Crippen MR) is 85.4 cm³/mol. The van der Waals surface area contributed by atoms with Gasteiger partial charge in [-0.1, -0.05) is 11.6 Å². The SMILES string of the molecule is CCOc1c(Cl)cc(C(=O)N[C@H]2CC[C@@H](C(=O)O)C2)cc1OC. The molecule has 2 rings (SSSR count). The molecule has 7 heteroatoms. The third-order valence-corrected chi connectivity index (χ3v) is 4.18. The Labute approximate surface area is 139 Å². The Morgan fingerprint density at radius 3 is 2.70 bits per heavy atom. The molecule has 1 aliphatic rings. The molecule has 0 saturated heterocycles. The van der Waals surface area contributed by atoms with Crippen molar-refractivity contribution < 1.29 is 24.2 Å². The maximum atomic E-state index is 12.4. The van der Waals surface area contributed by atoms with Crippen molar-refractivity contribution in [2.45, 2.75) is 32.2 Å². The van der Waals surface area contributed by atoms with E-state index >= 15 is 0 Å². The number of hydrogen-bond donors (Lipinski definition) is 2. The number of carboxylic acid groups (broad SMARTS) is 1. The Morgan fingerprint density at radius 2 is 2.13 bits per heavy atom. The van der Waals surface area contributed by atoms with Crippen LogP contribution in [-0.4, -0.2) is 36.7 Å². The highest BCUT2D eigenvalue weighted by Gasteiger charge is 2.31. The molecule has 1 fully saturated rings. The zero-order chi connectivity index (χ0) is 17.0. The minimum atomic E-state index is -0.812. The maximum Gasteiger partial charge on any atom is 0.306 e. The predicted octanol–water partition coefficient (Wildman–Crippen LogP) is 2.73. The van der Waals surface area contributed by atoms with Crippen LogP contribution in [0.25, 0.3) is 0 Å². The zero-order valence-electron chi connectivity index (χ0n) is 13.1. The van der Waals surface area contributed by atoms with Crippen molar-refractivity contribution in [2.75, 3.05) is 13.7 Å². The normalized spacial score (nSPS) is 20.1. The number of rotatable bonds is 6. The van der Waals surface area contributed by atoms with Gasteiger partial charge in [0.1, 0.15) is 0 Å². The number of carbonyl (C=O) groups excluding carboxylic acids is 1. The van der Waals surface area contributed by atoms with Gasteiger partial charge < -0.3 is 19.9 Å². The summed E-state index contributed by atoms with van der Waals surface area (Å²) in [6.07, 6.45) is 1.68. The lowest BCUT2D eigenvalue weighted by atomic mass is 10.1. The number of aliphatic carboxylic acids is 1. The molecule has 1 amide bonds. The van der Waals surface area contributed by atoms with E-state index < -0.39 is 11.9 Å². The molecule has 126 valence electrons. The van der Waals surface area contributed by atoms with Gasteiger partial charge in [0.2, 0.25) is 0 Å². The molecule has 2 N–H and O–H groups in total. The molecule has 0 aliphatic heterocycles. The number of hydrogen-bond acceptors (Lipinski definition) is 4. The molecular formula is C16H20ClNO5. The third kappa shape index (κ3) is 4.07. The smallest absolute Gasteiger partial charge is 0.306 e. The number of benzene rings is 1. The van der Waals surface area contributed by atoms with Crippen LogP contribution >= 0.6 is 11.6 Å². The number of carboxylic acids is 1. The molecule has 0 bridgehead atoms. The van der Waals surface area contributed by atoms with Crippen LogP contribution in [0, 0.1) is 5.92 Å². The van der Waals surface area contributed by atoms with E-state index in [0.717, 1.165) is 0 Å². The highest BCUT2D eigenvalue weighted by Crippen LogP contribution is 2.36. The van der Waals surface area contributed by atoms with Gasteiger partial charge in [-0.3, -0.25) is 9.59 Å². The molecule has 6 nitrogen and oxygen atoms in total. The number of nitrogens with one attached hydrogen (secondary N) is 1. The van der Waals surface area contributed by atoms with Crippen LogP contribution in [0.1, 0.15) is 36.5 Å². The molecule has 0 heterocycles. The highest BCUT2D eigenvalue weighted by molar-refractivity contribution is 6.32. The standard InChI is InChI=1S/C16H20ClNO5/c1-3-23-14-12(17)7-10(8-13(14)22-2)15(19)18-11-5-4-9(6-11)16(20)21/h7-9,11H,3-6H2,1-2H3,(H,18,19)(H,20,21)/t9-,11+/m1/s1. The monoisotopic (exact) mass is 341 g/mol. The molecule has 1 saturated carbocycles. The van der Waals surface area contributed by atoms with Crippen LogP contribution in [0.3, 0.4) is 0 Å². The van der Waals surface area contributed by atoms with Crippen LogP contribution < -0.4 is 14.8 Å². The van der Waals surface area contributed by atoms with Gasteiger partial charge in [-0.05, 0) is 38.3 Å². The first-order valence-corrected chi connectivity index (χ1v) is 7.88. The Hall–Kier alpha value is -1.95. The second-order valence-electron chi connectivity index (χ2n) is 5.44. The summed E-state index contributed by atoms with van der Waals surface area (Å²) >= 11 is 6.15. The first-order valence-electron chi connectivity index (χ1n) is 7.50. The largest absolute Gasteiger partial charge is 0.493 e. The van der Waals surface area contributed by atoms with Crippen LogP contribution in [0.5, 0.6) is 11.5 Å². The Morgan fingerprint density at radius 1 is 1.39 bits per heavy atom. The Balaban J connectivity index is 2.11. The van der Waals surface area contributed by atoms with Gasteiger partial charge in [-0.25, -0.2) is 0 Å². The molecular weight excluding hydrogens is 322 g/mol. The van der Waals surface area contributed by atoms with Gasteiger partial charge in [0.05, 0.1) is 24.7 Å². The highest BCUT2D eigenvalue weighted by atomic mass is 35.5. The fourth-order valence-electron chi connectivity index (χ4n) is 2.74. The van der Waals surface area contributed by atoms with E-state index in [1.165, 1.54) is 13.2 Å². The number of amides is 1. The van der Waals surface area contributed by atoms with Gasteiger partial charge in [0, 0.05) is 11.6 Å². The van der Waals surface area contributed by atoms with Crippen molar-refractivity contribution in [1.29, 1.82) is 0 Å². The van der Waals surface area contributed by atoms with Crippen LogP contribution in [0.2, 0.25) is 5.02 Å². The van der Waals surface area contributed by atoms with Crippen LogP contribution in [0.15, 0.2) is 12.1 Å². The number of methoxy groups -OCH3 is 1. The molecule has 0 aromatic heterocycles. The van der Waals surface area contributed by atoms with E-state index in [-0.39, 0.29) is 11.9 Å². The van der Waals surface area contributed by atoms with E-state index in [0.29, 0.717) is 48.0 Å². The van der Waals surface area contributed by atoms with E-state index in [4.69, 9.17) is 26.2 Å². The number of halogens is 1. The van der Waals surface area contributed by atoms with Gasteiger partial charge in [-0.2, -0.15) is 0 Å². The number of carbonyl (C=O) groups is 2. The Kier molecular flexibility index (Phi) is 5.71. The van der Waals surface area contributed by atoms with E-state index in [1.807, 2.05) is 6.92 Å². The van der Waals surface area contributed by atoms with Gasteiger partial charge in [0.25, 0.3) is 5.91 Å². The summed E-state index contributed by atoms with van der Waals surface area (Å²) in [5.41, 5.74) is 0.356. The van der Waals surface area contributed by atoms with Crippen molar-refractivity contribution in [3.05, 3.63) is 22.7 Å². The van der Waals surface area contributed by atoms with Crippen LogP contribution in [-0.2, 0) is 4.79 Å². The minimum absolute atomic E-state index is 0.139. The van der Waals surface area contributed by atoms with Gasteiger partial charge in [-0.15, -0.1) is 0 Å². The molecule has 0 radical (unpaired) electrons. The summed E-state index contributed by atoms with van der Waals surface area (Å²) in [4.78, 5) is 23.3. The number of ether oxygens (including phenoxy) is 2. The summed E-state index contributed by atoms with van der Waals surface area (Å²) in [6.45, 7) is 2.26.